The fourth-order valence-electron chi connectivity index (χ4n) is 2.15. The molecule has 1 aromatic heterocycles. The third-order valence-electron chi connectivity index (χ3n) is 3.70. The Morgan fingerprint density at radius 1 is 1.47 bits per heavy atom. The Balaban J connectivity index is 2.31. The quantitative estimate of drug-likeness (QED) is 0.841. The number of halogens is 1. The predicted octanol–water partition coefficient (Wildman–Crippen LogP) is 0.863. The van der Waals surface area contributed by atoms with Gasteiger partial charge in [0.2, 0.25) is 0 Å². The molecule has 1 aliphatic rings. The van der Waals surface area contributed by atoms with Crippen LogP contribution in [-0.4, -0.2) is 60.0 Å². The first kappa shape index (κ1) is 14.8. The van der Waals surface area contributed by atoms with Gasteiger partial charge in [-0.3, -0.25) is 10.00 Å². The van der Waals surface area contributed by atoms with Crippen LogP contribution in [0.2, 0.25) is 0 Å². The van der Waals surface area contributed by atoms with E-state index in [0.29, 0.717) is 25.2 Å². The molecule has 1 N–H and O–H groups in total. The van der Waals surface area contributed by atoms with Gasteiger partial charge in [-0.2, -0.15) is 9.40 Å². The molecule has 2 rings (SSSR count). The van der Waals surface area contributed by atoms with Crippen molar-refractivity contribution in [2.75, 3.05) is 26.7 Å². The van der Waals surface area contributed by atoms with E-state index < -0.39 is 10.0 Å². The van der Waals surface area contributed by atoms with Crippen molar-refractivity contribution in [3.8, 4) is 0 Å². The van der Waals surface area contributed by atoms with Crippen LogP contribution in [0.4, 0.5) is 0 Å². The number of nitrogens with zero attached hydrogens (tertiary/aromatic N) is 3. The molecule has 0 atom stereocenters. The molecule has 108 valence electrons. The van der Waals surface area contributed by atoms with E-state index in [9.17, 15) is 8.42 Å². The molecule has 0 amide bonds. The van der Waals surface area contributed by atoms with Crippen molar-refractivity contribution >= 4 is 21.6 Å². The predicted molar refractivity (Wildman–Crippen MR) is 73.6 cm³/mol. The molecule has 19 heavy (non-hydrogen) atoms. The maximum Gasteiger partial charge on any atom is 0.260 e. The Bertz CT molecular complexity index is 555. The van der Waals surface area contributed by atoms with Crippen LogP contribution in [0.1, 0.15) is 19.4 Å². The van der Waals surface area contributed by atoms with Gasteiger partial charge in [0.15, 0.2) is 5.03 Å². The summed E-state index contributed by atoms with van der Waals surface area (Å²) >= 11 is 5.75. The van der Waals surface area contributed by atoms with Crippen LogP contribution in [0, 0.1) is 0 Å². The van der Waals surface area contributed by atoms with Crippen LogP contribution >= 0.6 is 11.6 Å². The molecule has 6 nitrogen and oxygen atoms in total. The summed E-state index contributed by atoms with van der Waals surface area (Å²) in [5.74, 6) is 0.127. The molecule has 0 unspecified atom stereocenters. The number of aromatic amines is 1. The maximum absolute atomic E-state index is 12.6. The molecular weight excluding hydrogens is 288 g/mol. The first-order valence-corrected chi connectivity index (χ1v) is 8.06. The van der Waals surface area contributed by atoms with Crippen molar-refractivity contribution in [1.82, 2.24) is 19.4 Å². The minimum atomic E-state index is -3.55. The normalized spacial score (nSPS) is 21.7. The first-order valence-electron chi connectivity index (χ1n) is 6.08. The molecular formula is C11H19ClN4O2S. The van der Waals surface area contributed by atoms with Crippen LogP contribution in [0.25, 0.3) is 0 Å². The van der Waals surface area contributed by atoms with E-state index >= 15 is 0 Å². The lowest BCUT2D eigenvalue weighted by atomic mass is 10.0. The number of likely N-dealkylation sites (N-methyl/N-ethyl adjacent to an activating group) is 1. The molecule has 1 aliphatic heterocycles. The first-order chi connectivity index (χ1) is 8.79. The summed E-state index contributed by atoms with van der Waals surface area (Å²) in [7, 11) is -1.55. The molecule has 0 aromatic carbocycles. The molecule has 0 spiro atoms. The number of rotatable bonds is 3. The van der Waals surface area contributed by atoms with Gasteiger partial charge in [-0.25, -0.2) is 8.42 Å². The van der Waals surface area contributed by atoms with Crippen molar-refractivity contribution in [1.29, 1.82) is 0 Å². The van der Waals surface area contributed by atoms with Crippen LogP contribution in [0.3, 0.4) is 0 Å². The van der Waals surface area contributed by atoms with Crippen LogP contribution in [0.15, 0.2) is 11.2 Å². The summed E-state index contributed by atoms with van der Waals surface area (Å²) in [5, 5.41) is 6.45. The van der Waals surface area contributed by atoms with Crippen molar-refractivity contribution in [3.63, 3.8) is 0 Å². The fourth-order valence-corrected chi connectivity index (χ4v) is 4.12. The van der Waals surface area contributed by atoms with Gasteiger partial charge >= 0.3 is 0 Å². The van der Waals surface area contributed by atoms with Gasteiger partial charge < -0.3 is 0 Å². The van der Waals surface area contributed by atoms with Crippen molar-refractivity contribution in [2.45, 2.75) is 30.3 Å². The van der Waals surface area contributed by atoms with Crippen molar-refractivity contribution in [2.24, 2.45) is 0 Å². The third-order valence-corrected chi connectivity index (χ3v) is 5.85. The number of sulfonamides is 1. The maximum atomic E-state index is 12.6. The average molecular weight is 307 g/mol. The summed E-state index contributed by atoms with van der Waals surface area (Å²) in [4.78, 5) is 2.16. The fraction of sp³-hybridized carbons (Fsp3) is 0.727. The largest absolute Gasteiger partial charge is 0.299 e. The zero-order chi connectivity index (χ0) is 14.3. The second-order valence-corrected chi connectivity index (χ2v) is 7.57. The highest BCUT2D eigenvalue weighted by Crippen LogP contribution is 2.25. The summed E-state index contributed by atoms with van der Waals surface area (Å²) in [6, 6.07) is 0. The van der Waals surface area contributed by atoms with Crippen molar-refractivity contribution in [3.05, 3.63) is 11.8 Å². The molecule has 1 aromatic rings. The van der Waals surface area contributed by atoms with Gasteiger partial charge in [0, 0.05) is 30.7 Å². The van der Waals surface area contributed by atoms with Gasteiger partial charge in [0.05, 0.1) is 12.1 Å². The van der Waals surface area contributed by atoms with Crippen LogP contribution in [-0.2, 0) is 15.9 Å². The van der Waals surface area contributed by atoms with Gasteiger partial charge in [0.25, 0.3) is 10.0 Å². The van der Waals surface area contributed by atoms with E-state index in [0.717, 1.165) is 0 Å². The SMILES string of the molecule is CN1CCN(S(=O)(=O)c2[nH]ncc2CCl)CC1(C)C. The smallest absolute Gasteiger partial charge is 0.260 e. The molecule has 0 bridgehead atoms. The van der Waals surface area contributed by atoms with Crippen LogP contribution in [0.5, 0.6) is 0 Å². The van der Waals surface area contributed by atoms with E-state index in [4.69, 9.17) is 11.6 Å². The zero-order valence-electron chi connectivity index (χ0n) is 11.4. The monoisotopic (exact) mass is 306 g/mol. The highest BCUT2D eigenvalue weighted by molar-refractivity contribution is 7.89. The number of alkyl halides is 1. The highest BCUT2D eigenvalue weighted by Gasteiger charge is 2.38. The lowest BCUT2D eigenvalue weighted by Gasteiger charge is -2.44. The number of H-pyrrole nitrogens is 1. The minimum Gasteiger partial charge on any atom is -0.299 e. The molecule has 0 radical (unpaired) electrons. The Morgan fingerprint density at radius 3 is 2.74 bits per heavy atom. The summed E-state index contributed by atoms with van der Waals surface area (Å²) in [6.07, 6.45) is 1.46. The second-order valence-electron chi connectivity index (χ2n) is 5.43. The Hall–Kier alpha value is -0.630. The zero-order valence-corrected chi connectivity index (χ0v) is 12.9. The number of hydrogen-bond acceptors (Lipinski definition) is 4. The topological polar surface area (TPSA) is 69.3 Å². The average Bonchev–Trinajstić information content (AvgIpc) is 2.81. The van der Waals surface area contributed by atoms with E-state index in [1.165, 1.54) is 10.5 Å². The van der Waals surface area contributed by atoms with E-state index in [1.807, 2.05) is 20.9 Å². The number of aromatic nitrogens is 2. The molecule has 0 saturated carbocycles. The molecule has 1 saturated heterocycles. The molecule has 2 heterocycles. The summed E-state index contributed by atoms with van der Waals surface area (Å²) in [6.45, 7) is 5.69. The van der Waals surface area contributed by atoms with Crippen molar-refractivity contribution < 1.29 is 8.42 Å². The molecule has 0 aliphatic carbocycles. The number of piperazine rings is 1. The number of nitrogens with one attached hydrogen (secondary N) is 1. The van der Waals surface area contributed by atoms with Gasteiger partial charge in [-0.1, -0.05) is 0 Å². The minimum absolute atomic E-state index is 0.114. The summed E-state index contributed by atoms with van der Waals surface area (Å²) in [5.41, 5.74) is 0.324. The third kappa shape index (κ3) is 2.65. The van der Waals surface area contributed by atoms with E-state index in [-0.39, 0.29) is 16.4 Å². The lowest BCUT2D eigenvalue weighted by Crippen LogP contribution is -2.58. The molecule has 8 heteroatoms. The van der Waals surface area contributed by atoms with Crippen LogP contribution < -0.4 is 0 Å². The Kier molecular flexibility index (Phi) is 3.92. The second kappa shape index (κ2) is 5.05. The highest BCUT2D eigenvalue weighted by atomic mass is 35.5. The van der Waals surface area contributed by atoms with E-state index in [2.05, 4.69) is 15.1 Å². The van der Waals surface area contributed by atoms with Gasteiger partial charge in [0.1, 0.15) is 0 Å². The Labute approximate surface area is 118 Å². The standard InChI is InChI=1S/C11H19ClN4O2S/c1-11(2)8-16(5-4-15(11)3)19(17,18)10-9(6-12)7-13-14-10/h7H,4-6,8H2,1-3H3,(H,13,14). The lowest BCUT2D eigenvalue weighted by molar-refractivity contribution is 0.0800. The van der Waals surface area contributed by atoms with Gasteiger partial charge in [-0.05, 0) is 20.9 Å². The van der Waals surface area contributed by atoms with E-state index in [1.54, 1.807) is 0 Å². The summed E-state index contributed by atoms with van der Waals surface area (Å²) < 4.78 is 26.7. The molecule has 1 fully saturated rings. The van der Waals surface area contributed by atoms with Gasteiger partial charge in [-0.15, -0.1) is 11.6 Å². The Morgan fingerprint density at radius 2 is 2.16 bits per heavy atom. The number of hydrogen-bond donors (Lipinski definition) is 1.